The van der Waals surface area contributed by atoms with Crippen molar-refractivity contribution in [2.45, 2.75) is 37.2 Å². The summed E-state index contributed by atoms with van der Waals surface area (Å²) in [5, 5.41) is -0.551. The summed E-state index contributed by atoms with van der Waals surface area (Å²) < 4.78 is 29.3. The molecule has 1 aromatic carbocycles. The van der Waals surface area contributed by atoms with E-state index in [4.69, 9.17) is 11.6 Å². The maximum absolute atomic E-state index is 12.4. The molecule has 6 heteroatoms. The Kier molecular flexibility index (Phi) is 6.49. The predicted molar refractivity (Wildman–Crippen MR) is 79.4 cm³/mol. The summed E-state index contributed by atoms with van der Waals surface area (Å²) in [6, 6.07) is 6.55. The molecule has 0 fully saturated rings. The van der Waals surface area contributed by atoms with Gasteiger partial charge >= 0.3 is 5.97 Å². The molecular formula is C14H19ClO4S. The van der Waals surface area contributed by atoms with Crippen LogP contribution in [0.3, 0.4) is 0 Å². The molecule has 0 aromatic heterocycles. The minimum Gasteiger partial charge on any atom is -0.468 e. The second-order valence-corrected chi connectivity index (χ2v) is 7.21. The Balaban J connectivity index is 2.92. The highest BCUT2D eigenvalue weighted by Gasteiger charge is 2.32. The molecule has 4 nitrogen and oxygen atoms in total. The van der Waals surface area contributed by atoms with Crippen LogP contribution in [0, 0.1) is 0 Å². The number of halogens is 1. The Morgan fingerprint density at radius 3 is 2.40 bits per heavy atom. The summed E-state index contributed by atoms with van der Waals surface area (Å²) in [4.78, 5) is 11.7. The molecule has 0 aliphatic carbocycles. The third-order valence-electron chi connectivity index (χ3n) is 3.00. The normalized spacial score (nSPS) is 12.9. The molecular weight excluding hydrogens is 300 g/mol. The van der Waals surface area contributed by atoms with E-state index in [2.05, 4.69) is 4.74 Å². The van der Waals surface area contributed by atoms with E-state index in [1.165, 1.54) is 7.11 Å². The smallest absolute Gasteiger partial charge is 0.324 e. The Labute approximate surface area is 125 Å². The largest absolute Gasteiger partial charge is 0.468 e. The first kappa shape index (κ1) is 17.0. The maximum Gasteiger partial charge on any atom is 0.324 e. The molecule has 0 aliphatic rings. The van der Waals surface area contributed by atoms with Crippen LogP contribution in [0.25, 0.3) is 0 Å². The third kappa shape index (κ3) is 4.80. The second-order valence-electron chi connectivity index (χ2n) is 4.59. The number of hydrogen-bond acceptors (Lipinski definition) is 4. The van der Waals surface area contributed by atoms with Gasteiger partial charge in [0, 0.05) is 5.02 Å². The molecule has 0 radical (unpaired) electrons. The van der Waals surface area contributed by atoms with E-state index in [1.807, 2.05) is 6.92 Å². The number of methoxy groups -OCH3 is 1. The number of rotatable bonds is 7. The molecule has 0 spiro atoms. The number of carbonyl (C=O) groups excluding carboxylic acids is 1. The van der Waals surface area contributed by atoms with Crippen LogP contribution >= 0.6 is 11.6 Å². The Morgan fingerprint density at radius 2 is 1.90 bits per heavy atom. The zero-order valence-electron chi connectivity index (χ0n) is 11.6. The van der Waals surface area contributed by atoms with Gasteiger partial charge in [-0.05, 0) is 24.1 Å². The van der Waals surface area contributed by atoms with Crippen molar-refractivity contribution in [2.75, 3.05) is 7.11 Å². The van der Waals surface area contributed by atoms with E-state index in [9.17, 15) is 13.2 Å². The van der Waals surface area contributed by atoms with Crippen LogP contribution < -0.4 is 0 Å². The summed E-state index contributed by atoms with van der Waals surface area (Å²) in [6.45, 7) is 1.94. The molecule has 0 saturated carbocycles. The maximum atomic E-state index is 12.4. The number of sulfone groups is 1. The van der Waals surface area contributed by atoms with E-state index < -0.39 is 21.1 Å². The lowest BCUT2D eigenvalue weighted by atomic mass is 10.2. The number of esters is 1. The number of carbonyl (C=O) groups is 1. The van der Waals surface area contributed by atoms with Gasteiger partial charge in [-0.3, -0.25) is 4.79 Å². The van der Waals surface area contributed by atoms with Gasteiger partial charge in [0.15, 0.2) is 15.1 Å². The molecule has 1 atom stereocenters. The van der Waals surface area contributed by atoms with E-state index in [1.54, 1.807) is 24.3 Å². The summed E-state index contributed by atoms with van der Waals surface area (Å²) in [5.41, 5.74) is 0.611. The van der Waals surface area contributed by atoms with Crippen LogP contribution in [-0.2, 0) is 25.1 Å². The van der Waals surface area contributed by atoms with Gasteiger partial charge in [0.05, 0.1) is 12.9 Å². The number of hydrogen-bond donors (Lipinski definition) is 0. The number of unbranched alkanes of at least 4 members (excludes halogenated alkanes) is 1. The predicted octanol–water partition coefficient (Wildman–Crippen LogP) is 2.99. The number of benzene rings is 1. The van der Waals surface area contributed by atoms with Crippen LogP contribution in [0.4, 0.5) is 0 Å². The van der Waals surface area contributed by atoms with Crippen molar-refractivity contribution >= 4 is 27.4 Å². The Hall–Kier alpha value is -1.07. The van der Waals surface area contributed by atoms with Crippen LogP contribution in [-0.4, -0.2) is 26.7 Å². The first-order chi connectivity index (χ1) is 9.40. The molecule has 1 rings (SSSR count). The van der Waals surface area contributed by atoms with Gasteiger partial charge in [0.2, 0.25) is 0 Å². The van der Waals surface area contributed by atoms with E-state index >= 15 is 0 Å². The van der Waals surface area contributed by atoms with E-state index in [0.717, 1.165) is 6.42 Å². The summed E-state index contributed by atoms with van der Waals surface area (Å²) in [7, 11) is -2.38. The lowest BCUT2D eigenvalue weighted by molar-refractivity contribution is -0.140. The van der Waals surface area contributed by atoms with Crippen molar-refractivity contribution in [1.29, 1.82) is 0 Å². The van der Waals surface area contributed by atoms with Crippen LogP contribution in [0.1, 0.15) is 31.7 Å². The molecule has 0 aliphatic heterocycles. The molecule has 0 amide bonds. The fourth-order valence-electron chi connectivity index (χ4n) is 1.88. The van der Waals surface area contributed by atoms with E-state index in [0.29, 0.717) is 23.4 Å². The topological polar surface area (TPSA) is 60.4 Å². The molecule has 112 valence electrons. The van der Waals surface area contributed by atoms with Gasteiger partial charge in [0.25, 0.3) is 0 Å². The minimum atomic E-state index is -3.59. The van der Waals surface area contributed by atoms with Crippen LogP contribution in [0.2, 0.25) is 5.02 Å². The lowest BCUT2D eigenvalue weighted by Gasteiger charge is -2.15. The zero-order valence-corrected chi connectivity index (χ0v) is 13.2. The average Bonchev–Trinajstić information content (AvgIpc) is 2.41. The summed E-state index contributed by atoms with van der Waals surface area (Å²) in [5.74, 6) is -0.874. The van der Waals surface area contributed by atoms with Gasteiger partial charge in [0.1, 0.15) is 0 Å². The first-order valence-electron chi connectivity index (χ1n) is 6.44. The van der Waals surface area contributed by atoms with Crippen molar-refractivity contribution in [3.05, 3.63) is 34.9 Å². The first-order valence-corrected chi connectivity index (χ1v) is 8.54. The highest BCUT2D eigenvalue weighted by molar-refractivity contribution is 7.92. The monoisotopic (exact) mass is 318 g/mol. The molecule has 0 N–H and O–H groups in total. The molecule has 0 saturated heterocycles. The Bertz CT molecular complexity index is 537. The third-order valence-corrected chi connectivity index (χ3v) is 5.28. The SMILES string of the molecule is CCCCC(C(=O)OC)S(=O)(=O)Cc1ccc(Cl)cc1. The molecule has 20 heavy (non-hydrogen) atoms. The van der Waals surface area contributed by atoms with Gasteiger partial charge < -0.3 is 4.74 Å². The van der Waals surface area contributed by atoms with Crippen LogP contribution in [0.5, 0.6) is 0 Å². The summed E-state index contributed by atoms with van der Waals surface area (Å²) >= 11 is 5.76. The highest BCUT2D eigenvalue weighted by atomic mass is 35.5. The zero-order chi connectivity index (χ0) is 15.2. The van der Waals surface area contributed by atoms with Crippen molar-refractivity contribution in [3.63, 3.8) is 0 Å². The van der Waals surface area contributed by atoms with Gasteiger partial charge in [-0.15, -0.1) is 0 Å². The minimum absolute atomic E-state index is 0.187. The fourth-order valence-corrected chi connectivity index (χ4v) is 3.78. The van der Waals surface area contributed by atoms with Crippen molar-refractivity contribution < 1.29 is 17.9 Å². The van der Waals surface area contributed by atoms with Gasteiger partial charge in [-0.1, -0.05) is 43.5 Å². The van der Waals surface area contributed by atoms with Crippen molar-refractivity contribution in [3.8, 4) is 0 Å². The van der Waals surface area contributed by atoms with Crippen molar-refractivity contribution in [1.82, 2.24) is 0 Å². The van der Waals surface area contributed by atoms with Crippen molar-refractivity contribution in [2.24, 2.45) is 0 Å². The average molecular weight is 319 g/mol. The lowest BCUT2D eigenvalue weighted by Crippen LogP contribution is -2.32. The van der Waals surface area contributed by atoms with Gasteiger partial charge in [-0.2, -0.15) is 0 Å². The van der Waals surface area contributed by atoms with Gasteiger partial charge in [-0.25, -0.2) is 8.42 Å². The molecule has 1 aromatic rings. The quantitative estimate of drug-likeness (QED) is 0.725. The highest BCUT2D eigenvalue weighted by Crippen LogP contribution is 2.19. The van der Waals surface area contributed by atoms with Crippen LogP contribution in [0.15, 0.2) is 24.3 Å². The molecule has 0 bridgehead atoms. The molecule has 1 unspecified atom stereocenters. The summed E-state index contributed by atoms with van der Waals surface area (Å²) in [6.07, 6.45) is 1.78. The molecule has 0 heterocycles. The second kappa shape index (κ2) is 7.64. The van der Waals surface area contributed by atoms with E-state index in [-0.39, 0.29) is 5.75 Å². The fraction of sp³-hybridized carbons (Fsp3) is 0.500. The number of ether oxygens (including phenoxy) is 1. The Morgan fingerprint density at radius 1 is 1.30 bits per heavy atom. The standard InChI is InChI=1S/C14H19ClO4S/c1-3-4-5-13(14(16)19-2)20(17,18)10-11-6-8-12(15)9-7-11/h6-9,13H,3-5,10H2,1-2H3.